The third kappa shape index (κ3) is 9.06. The van der Waals surface area contributed by atoms with Gasteiger partial charge in [-0.1, -0.05) is 44.2 Å². The van der Waals surface area contributed by atoms with Gasteiger partial charge in [0, 0.05) is 44.7 Å². The summed E-state index contributed by atoms with van der Waals surface area (Å²) in [4.78, 5) is 15.5. The van der Waals surface area contributed by atoms with E-state index in [0.717, 1.165) is 62.1 Å². The lowest BCUT2D eigenvalue weighted by Gasteiger charge is -2.43. The van der Waals surface area contributed by atoms with Crippen LogP contribution in [0.25, 0.3) is 0 Å². The average molecular weight is 539 g/mol. The highest BCUT2D eigenvalue weighted by molar-refractivity contribution is 5.76. The Kier molecular flexibility index (Phi) is 12.3. The summed E-state index contributed by atoms with van der Waals surface area (Å²) in [5.41, 5.74) is 0.807. The van der Waals surface area contributed by atoms with Gasteiger partial charge in [0.25, 0.3) is 0 Å². The first kappa shape index (κ1) is 31.1. The number of ether oxygens (including phenoxy) is 2. The minimum Gasteiger partial charge on any atom is -0.457 e. The van der Waals surface area contributed by atoms with E-state index < -0.39 is 5.60 Å². The zero-order valence-corrected chi connectivity index (χ0v) is 24.7. The molecule has 0 unspecified atom stereocenters. The topological polar surface area (TPSA) is 71.0 Å². The van der Waals surface area contributed by atoms with E-state index in [9.17, 15) is 9.90 Å². The first-order valence-corrected chi connectivity index (χ1v) is 14.7. The van der Waals surface area contributed by atoms with E-state index in [1.165, 1.54) is 0 Å². The Morgan fingerprint density at radius 2 is 1.97 bits per heavy atom. The second kappa shape index (κ2) is 15.4. The number of unbranched alkanes of at least 4 members (excludes halogenated alkanes) is 1. The van der Waals surface area contributed by atoms with Crippen LogP contribution in [0, 0.1) is 24.7 Å². The van der Waals surface area contributed by atoms with Crippen molar-refractivity contribution >= 4 is 5.91 Å². The summed E-state index contributed by atoms with van der Waals surface area (Å²) in [6.45, 7) is 9.29. The van der Waals surface area contributed by atoms with Crippen LogP contribution in [0.1, 0.15) is 69.9 Å². The molecule has 2 N–H and O–H groups in total. The molecule has 6 heteroatoms. The lowest BCUT2D eigenvalue weighted by molar-refractivity contribution is -0.138. The predicted molar refractivity (Wildman–Crippen MR) is 158 cm³/mol. The maximum absolute atomic E-state index is 13.5. The minimum atomic E-state index is -1.12. The van der Waals surface area contributed by atoms with Crippen LogP contribution in [0.4, 0.5) is 0 Å². The summed E-state index contributed by atoms with van der Waals surface area (Å²) >= 11 is 0. The number of carbonyl (C=O) groups excluding carboxylic acids is 1. The molecule has 0 aromatic heterocycles. The van der Waals surface area contributed by atoms with Crippen molar-refractivity contribution in [3.8, 4) is 11.5 Å². The minimum absolute atomic E-state index is 0.0761. The SMILES string of the molecule is CNC[C@@H](CC(=O)N1CCC[C@@H]([C@@](O)(CCCCOC)c2ccccc2Oc2cccc(C)c2)C1)CC(C)C. The zero-order valence-electron chi connectivity index (χ0n) is 24.7. The van der Waals surface area contributed by atoms with E-state index in [2.05, 4.69) is 19.2 Å². The number of piperidine rings is 1. The summed E-state index contributed by atoms with van der Waals surface area (Å²) < 4.78 is 11.7. The molecule has 1 heterocycles. The summed E-state index contributed by atoms with van der Waals surface area (Å²) in [5.74, 6) is 2.42. The van der Waals surface area contributed by atoms with Crippen LogP contribution in [0.3, 0.4) is 0 Å². The van der Waals surface area contributed by atoms with Crippen molar-refractivity contribution in [1.29, 1.82) is 0 Å². The van der Waals surface area contributed by atoms with Gasteiger partial charge in [-0.05, 0) is 94.6 Å². The van der Waals surface area contributed by atoms with Crippen molar-refractivity contribution in [3.63, 3.8) is 0 Å². The summed E-state index contributed by atoms with van der Waals surface area (Å²) in [6.07, 6.45) is 5.62. The lowest BCUT2D eigenvalue weighted by Crippen LogP contribution is -2.48. The molecular weight excluding hydrogens is 488 g/mol. The van der Waals surface area contributed by atoms with E-state index in [0.29, 0.717) is 43.6 Å². The highest BCUT2D eigenvalue weighted by Crippen LogP contribution is 2.44. The number of nitrogens with zero attached hydrogens (tertiary/aromatic N) is 1. The number of likely N-dealkylation sites (tertiary alicyclic amines) is 1. The molecule has 2 aromatic carbocycles. The van der Waals surface area contributed by atoms with Crippen LogP contribution in [-0.2, 0) is 15.1 Å². The molecule has 1 aliphatic rings. The number of aliphatic hydroxyl groups is 1. The fourth-order valence-corrected chi connectivity index (χ4v) is 6.08. The maximum atomic E-state index is 13.5. The Morgan fingerprint density at radius 3 is 2.69 bits per heavy atom. The van der Waals surface area contributed by atoms with Gasteiger partial charge in [-0.25, -0.2) is 0 Å². The first-order valence-electron chi connectivity index (χ1n) is 14.7. The van der Waals surface area contributed by atoms with Crippen molar-refractivity contribution in [3.05, 3.63) is 59.7 Å². The third-order valence-electron chi connectivity index (χ3n) is 7.94. The van der Waals surface area contributed by atoms with Crippen LogP contribution in [-0.4, -0.2) is 56.3 Å². The van der Waals surface area contributed by atoms with Crippen LogP contribution < -0.4 is 10.1 Å². The van der Waals surface area contributed by atoms with Crippen molar-refractivity contribution < 1.29 is 19.4 Å². The standard InChI is InChI=1S/C33H50N2O4/c1-25(2)20-27(23-34-4)22-32(36)35-18-11-13-28(24-35)33(37,17-8-9-19-38-5)30-15-6-7-16-31(30)39-29-14-10-12-26(3)21-29/h6-7,10,12,14-16,21,25,27-28,34,37H,8-9,11,13,17-20,22-24H2,1-5H3/t27-,28-,33+/m1/s1. The molecule has 0 saturated carbocycles. The van der Waals surface area contributed by atoms with E-state index in [4.69, 9.17) is 9.47 Å². The normalized spacial score (nSPS) is 18.1. The molecule has 3 rings (SSSR count). The third-order valence-corrected chi connectivity index (χ3v) is 7.94. The summed E-state index contributed by atoms with van der Waals surface area (Å²) in [6, 6.07) is 15.8. The number of hydrogen-bond acceptors (Lipinski definition) is 5. The fourth-order valence-electron chi connectivity index (χ4n) is 6.08. The zero-order chi connectivity index (χ0) is 28.3. The smallest absolute Gasteiger partial charge is 0.222 e. The van der Waals surface area contributed by atoms with Crippen molar-refractivity contribution in [1.82, 2.24) is 10.2 Å². The largest absolute Gasteiger partial charge is 0.457 e. The lowest BCUT2D eigenvalue weighted by atomic mass is 9.73. The molecule has 216 valence electrons. The highest BCUT2D eigenvalue weighted by Gasteiger charge is 2.43. The Hall–Kier alpha value is -2.41. The molecule has 0 radical (unpaired) electrons. The number of aryl methyl sites for hydroxylation is 1. The van der Waals surface area contributed by atoms with Gasteiger partial charge in [0.1, 0.15) is 11.5 Å². The Balaban J connectivity index is 1.86. The monoisotopic (exact) mass is 538 g/mol. The van der Waals surface area contributed by atoms with Gasteiger partial charge in [-0.15, -0.1) is 0 Å². The molecule has 39 heavy (non-hydrogen) atoms. The highest BCUT2D eigenvalue weighted by atomic mass is 16.5. The van der Waals surface area contributed by atoms with Gasteiger partial charge >= 0.3 is 0 Å². The van der Waals surface area contributed by atoms with Crippen LogP contribution in [0.5, 0.6) is 11.5 Å². The van der Waals surface area contributed by atoms with Crippen LogP contribution in [0.2, 0.25) is 0 Å². The molecule has 1 aliphatic heterocycles. The number of benzene rings is 2. The number of nitrogens with one attached hydrogen (secondary N) is 1. The van der Waals surface area contributed by atoms with Gasteiger partial charge in [0.05, 0.1) is 5.60 Å². The Morgan fingerprint density at radius 1 is 1.18 bits per heavy atom. The number of para-hydroxylation sites is 1. The van der Waals surface area contributed by atoms with Gasteiger partial charge in [0.2, 0.25) is 5.91 Å². The predicted octanol–water partition coefficient (Wildman–Crippen LogP) is 6.30. The molecule has 1 amide bonds. The average Bonchev–Trinajstić information content (AvgIpc) is 2.91. The molecular formula is C33H50N2O4. The summed E-state index contributed by atoms with van der Waals surface area (Å²) in [7, 11) is 3.66. The number of amides is 1. The number of methoxy groups -OCH3 is 1. The quantitative estimate of drug-likeness (QED) is 0.260. The van der Waals surface area contributed by atoms with E-state index >= 15 is 0 Å². The van der Waals surface area contributed by atoms with Gasteiger partial charge in [-0.2, -0.15) is 0 Å². The van der Waals surface area contributed by atoms with Crippen molar-refractivity contribution in [2.24, 2.45) is 17.8 Å². The van der Waals surface area contributed by atoms with E-state index in [1.54, 1.807) is 7.11 Å². The molecule has 1 saturated heterocycles. The van der Waals surface area contributed by atoms with Crippen LogP contribution in [0.15, 0.2) is 48.5 Å². The van der Waals surface area contributed by atoms with Gasteiger partial charge in [-0.3, -0.25) is 4.79 Å². The maximum Gasteiger partial charge on any atom is 0.222 e. The number of hydrogen-bond donors (Lipinski definition) is 2. The Bertz CT molecular complexity index is 1030. The van der Waals surface area contributed by atoms with Gasteiger partial charge < -0.3 is 24.8 Å². The number of carbonyl (C=O) groups is 1. The Labute approximate surface area is 236 Å². The van der Waals surface area contributed by atoms with Crippen molar-refractivity contribution in [2.45, 2.75) is 71.3 Å². The molecule has 3 atom stereocenters. The second-order valence-electron chi connectivity index (χ2n) is 11.7. The number of rotatable bonds is 15. The van der Waals surface area contributed by atoms with Crippen LogP contribution >= 0.6 is 0 Å². The summed E-state index contributed by atoms with van der Waals surface area (Å²) in [5, 5.41) is 15.8. The molecule has 0 spiro atoms. The molecule has 0 bridgehead atoms. The van der Waals surface area contributed by atoms with Gasteiger partial charge in [0.15, 0.2) is 0 Å². The molecule has 6 nitrogen and oxygen atoms in total. The molecule has 0 aliphatic carbocycles. The second-order valence-corrected chi connectivity index (χ2v) is 11.7. The molecule has 1 fully saturated rings. The molecule has 2 aromatic rings. The van der Waals surface area contributed by atoms with Crippen molar-refractivity contribution in [2.75, 3.05) is 40.4 Å². The fraction of sp³-hybridized carbons (Fsp3) is 0.606. The van der Waals surface area contributed by atoms with E-state index in [1.807, 2.05) is 67.4 Å². The van der Waals surface area contributed by atoms with E-state index in [-0.39, 0.29) is 11.8 Å². The first-order chi connectivity index (χ1) is 18.8.